The second-order valence-corrected chi connectivity index (χ2v) is 5.09. The van der Waals surface area contributed by atoms with Gasteiger partial charge in [-0.3, -0.25) is 0 Å². The Bertz CT molecular complexity index is 642. The minimum Gasteiger partial charge on any atom is -0.387 e. The number of aliphatic hydroxyl groups is 1. The van der Waals surface area contributed by atoms with E-state index >= 15 is 0 Å². The first-order valence-corrected chi connectivity index (χ1v) is 6.40. The Morgan fingerprint density at radius 1 is 0.667 bits per heavy atom. The molecule has 0 spiro atoms. The van der Waals surface area contributed by atoms with Gasteiger partial charge in [-0.25, -0.2) is 0 Å². The fourth-order valence-corrected chi connectivity index (χ4v) is 3.34. The van der Waals surface area contributed by atoms with Gasteiger partial charge in [-0.05, 0) is 22.3 Å². The fraction of sp³-hybridized carbons (Fsp3) is 0.176. The van der Waals surface area contributed by atoms with Crippen LogP contribution in [0.25, 0.3) is 0 Å². The van der Waals surface area contributed by atoms with Gasteiger partial charge in [0.15, 0.2) is 0 Å². The molecule has 3 aliphatic carbocycles. The lowest BCUT2D eigenvalue weighted by atomic mass is 9.81. The molecule has 3 aliphatic rings. The lowest BCUT2D eigenvalue weighted by Crippen LogP contribution is -2.10. The van der Waals surface area contributed by atoms with Crippen molar-refractivity contribution in [2.75, 3.05) is 0 Å². The topological polar surface area (TPSA) is 20.2 Å². The van der Waals surface area contributed by atoms with E-state index in [1.165, 1.54) is 16.7 Å². The van der Waals surface area contributed by atoms with E-state index in [4.69, 9.17) is 0 Å². The van der Waals surface area contributed by atoms with Crippen molar-refractivity contribution in [3.05, 3.63) is 82.9 Å². The van der Waals surface area contributed by atoms with Gasteiger partial charge in [0.1, 0.15) is 0 Å². The summed E-state index contributed by atoms with van der Waals surface area (Å²) in [6, 6.07) is 16.7. The van der Waals surface area contributed by atoms with E-state index in [1.807, 2.05) is 6.07 Å². The monoisotopic (exact) mass is 234 g/mol. The van der Waals surface area contributed by atoms with Crippen molar-refractivity contribution in [2.24, 2.45) is 0 Å². The van der Waals surface area contributed by atoms with E-state index in [2.05, 4.69) is 54.6 Å². The first-order valence-electron chi connectivity index (χ1n) is 6.40. The van der Waals surface area contributed by atoms with Gasteiger partial charge in [-0.2, -0.15) is 0 Å². The van der Waals surface area contributed by atoms with Crippen molar-refractivity contribution in [3.8, 4) is 0 Å². The number of hydrogen-bond donors (Lipinski definition) is 1. The molecule has 3 atom stereocenters. The van der Waals surface area contributed by atoms with E-state index < -0.39 is 6.10 Å². The van der Waals surface area contributed by atoms with Crippen molar-refractivity contribution < 1.29 is 5.11 Å². The van der Waals surface area contributed by atoms with Crippen LogP contribution in [0.1, 0.15) is 40.2 Å². The highest BCUT2D eigenvalue weighted by molar-refractivity contribution is 5.54. The molecule has 0 aliphatic heterocycles. The van der Waals surface area contributed by atoms with Crippen LogP contribution in [0.15, 0.2) is 60.7 Å². The summed E-state index contributed by atoms with van der Waals surface area (Å²) in [4.78, 5) is 0. The number of benzene rings is 2. The van der Waals surface area contributed by atoms with E-state index in [0.717, 1.165) is 5.56 Å². The molecule has 2 bridgehead atoms. The molecule has 0 saturated heterocycles. The highest BCUT2D eigenvalue weighted by Gasteiger charge is 2.35. The number of hydrogen-bond acceptors (Lipinski definition) is 1. The molecule has 1 heteroatoms. The molecule has 18 heavy (non-hydrogen) atoms. The second kappa shape index (κ2) is 3.56. The molecule has 0 saturated carbocycles. The predicted molar refractivity (Wildman–Crippen MR) is 71.6 cm³/mol. The number of allylic oxidation sites excluding steroid dienone is 1. The minimum absolute atomic E-state index is 0.0982. The van der Waals surface area contributed by atoms with E-state index in [-0.39, 0.29) is 5.92 Å². The zero-order valence-electron chi connectivity index (χ0n) is 9.95. The Hall–Kier alpha value is -1.86. The molecule has 88 valence electrons. The van der Waals surface area contributed by atoms with Crippen LogP contribution >= 0.6 is 0 Å². The average molecular weight is 234 g/mol. The van der Waals surface area contributed by atoms with Crippen molar-refractivity contribution in [1.29, 1.82) is 0 Å². The van der Waals surface area contributed by atoms with Crippen molar-refractivity contribution in [3.63, 3.8) is 0 Å². The quantitative estimate of drug-likeness (QED) is 0.691. The first-order chi connectivity index (χ1) is 8.86. The van der Waals surface area contributed by atoms with Crippen LogP contribution in [-0.4, -0.2) is 5.11 Å². The zero-order chi connectivity index (χ0) is 12.1. The Labute approximate surface area is 106 Å². The maximum Gasteiger partial charge on any atom is 0.0896 e. The molecule has 5 rings (SSSR count). The number of aliphatic hydroxyl groups excluding tert-OH is 1. The summed E-state index contributed by atoms with van der Waals surface area (Å²) in [7, 11) is 0. The summed E-state index contributed by atoms with van der Waals surface area (Å²) in [6.07, 6.45) is 3.98. The Morgan fingerprint density at radius 2 is 1.22 bits per heavy atom. The normalized spacial score (nSPS) is 27.5. The smallest absolute Gasteiger partial charge is 0.0896 e. The van der Waals surface area contributed by atoms with E-state index in [1.54, 1.807) is 0 Å². The van der Waals surface area contributed by atoms with Crippen molar-refractivity contribution >= 4 is 0 Å². The molecule has 0 unspecified atom stereocenters. The second-order valence-electron chi connectivity index (χ2n) is 5.09. The van der Waals surface area contributed by atoms with Crippen LogP contribution in [0.5, 0.6) is 0 Å². The van der Waals surface area contributed by atoms with Gasteiger partial charge in [0.25, 0.3) is 0 Å². The van der Waals surface area contributed by atoms with Crippen LogP contribution in [-0.2, 0) is 0 Å². The summed E-state index contributed by atoms with van der Waals surface area (Å²) in [5.41, 5.74) is 4.94. The molecule has 0 fully saturated rings. The molecule has 1 nitrogen and oxygen atoms in total. The molecule has 0 heterocycles. The van der Waals surface area contributed by atoms with Crippen LogP contribution < -0.4 is 0 Å². The first kappa shape index (κ1) is 10.1. The van der Waals surface area contributed by atoms with Crippen LogP contribution in [0.2, 0.25) is 0 Å². The summed E-state index contributed by atoms with van der Waals surface area (Å²) in [6.45, 7) is 0. The van der Waals surface area contributed by atoms with Gasteiger partial charge >= 0.3 is 0 Å². The van der Waals surface area contributed by atoms with Crippen LogP contribution in [0, 0.1) is 0 Å². The summed E-state index contributed by atoms with van der Waals surface area (Å²) < 4.78 is 0. The molecule has 1 N–H and O–H groups in total. The van der Waals surface area contributed by atoms with Crippen LogP contribution in [0.4, 0.5) is 0 Å². The highest BCUT2D eigenvalue weighted by Crippen LogP contribution is 2.48. The summed E-state index contributed by atoms with van der Waals surface area (Å²) in [5.74, 6) is 0.395. The third kappa shape index (κ3) is 1.20. The molecular weight excluding hydrogens is 220 g/mol. The van der Waals surface area contributed by atoms with Gasteiger partial charge in [0.2, 0.25) is 0 Å². The Kier molecular flexibility index (Phi) is 2.00. The zero-order valence-corrected chi connectivity index (χ0v) is 9.95. The maximum atomic E-state index is 10.6. The molecule has 0 radical (unpaired) electrons. The predicted octanol–water partition coefficient (Wildman–Crippen LogP) is 3.52. The lowest BCUT2D eigenvalue weighted by molar-refractivity contribution is 0.162. The van der Waals surface area contributed by atoms with E-state index in [9.17, 15) is 5.11 Å². The largest absolute Gasteiger partial charge is 0.387 e. The third-order valence-corrected chi connectivity index (χ3v) is 4.19. The SMILES string of the molecule is O[C@@H]1c2ccccc2[C@@H]2C=C[C@H]1c1ccccc12. The highest BCUT2D eigenvalue weighted by atomic mass is 16.3. The molecule has 0 amide bonds. The molecule has 2 aromatic carbocycles. The summed E-state index contributed by atoms with van der Waals surface area (Å²) >= 11 is 0. The molecule has 2 aromatic rings. The van der Waals surface area contributed by atoms with Crippen LogP contribution in [0.3, 0.4) is 0 Å². The van der Waals surface area contributed by atoms with Gasteiger partial charge in [0, 0.05) is 11.8 Å². The lowest BCUT2D eigenvalue weighted by Gasteiger charge is -2.23. The maximum absolute atomic E-state index is 10.6. The van der Waals surface area contributed by atoms with Gasteiger partial charge < -0.3 is 5.11 Å². The summed E-state index contributed by atoms with van der Waals surface area (Å²) in [5, 5.41) is 10.6. The number of rotatable bonds is 0. The Morgan fingerprint density at radius 3 is 1.94 bits per heavy atom. The Balaban J connectivity index is 2.06. The molecular formula is C17H14O. The van der Waals surface area contributed by atoms with Crippen molar-refractivity contribution in [2.45, 2.75) is 17.9 Å². The molecule has 0 aromatic heterocycles. The van der Waals surface area contributed by atoms with Crippen molar-refractivity contribution in [1.82, 2.24) is 0 Å². The van der Waals surface area contributed by atoms with E-state index in [0.29, 0.717) is 5.92 Å². The standard InChI is InChI=1S/C17H14O/c18-17-15-8-4-3-7-13(15)14-9-10-16(17)12-6-2-1-5-11(12)14/h1-10,14,16-18H/t14-,16+,17-/m1/s1. The minimum atomic E-state index is -0.425. The van der Waals surface area contributed by atoms with Gasteiger partial charge in [0.05, 0.1) is 6.10 Å². The third-order valence-electron chi connectivity index (χ3n) is 4.19. The van der Waals surface area contributed by atoms with Gasteiger partial charge in [-0.15, -0.1) is 0 Å². The van der Waals surface area contributed by atoms with Gasteiger partial charge in [-0.1, -0.05) is 60.7 Å². The average Bonchev–Trinajstić information content (AvgIpc) is 2.64. The fourth-order valence-electron chi connectivity index (χ4n) is 3.34.